The van der Waals surface area contributed by atoms with Crippen molar-refractivity contribution in [3.05, 3.63) is 149 Å². The number of hydrogen-bond donors (Lipinski definition) is 0. The molecule has 4 aromatic carbocycles. The summed E-state index contributed by atoms with van der Waals surface area (Å²) in [6, 6.07) is 35.8. The minimum atomic E-state index is -0.378. The molecule has 0 spiro atoms. The predicted molar refractivity (Wildman–Crippen MR) is 152 cm³/mol. The van der Waals surface area contributed by atoms with Crippen molar-refractivity contribution in [1.29, 1.82) is 0 Å². The van der Waals surface area contributed by atoms with Crippen LogP contribution in [0.25, 0.3) is 18.2 Å². The number of carbonyl (C=O) groups excluding carboxylic acids is 2. The second-order valence-electron chi connectivity index (χ2n) is 9.91. The van der Waals surface area contributed by atoms with Gasteiger partial charge in [0.2, 0.25) is 0 Å². The molecule has 2 aliphatic rings. The molecule has 4 aromatic rings. The molecular formula is C35H28O3. The molecule has 186 valence electrons. The number of carbonyl (C=O) groups is 2. The number of ketones is 1. The Morgan fingerprint density at radius 3 is 2.00 bits per heavy atom. The Kier molecular flexibility index (Phi) is 6.58. The Hall–Kier alpha value is -4.50. The highest BCUT2D eigenvalue weighted by Crippen LogP contribution is 2.54. The lowest BCUT2D eigenvalue weighted by Crippen LogP contribution is -2.19. The largest absolute Gasteiger partial charge is 0.457 e. The molecule has 0 saturated carbocycles. The molecule has 3 heteroatoms. The van der Waals surface area contributed by atoms with Crippen LogP contribution in [0.15, 0.2) is 115 Å². The Balaban J connectivity index is 1.27. The minimum Gasteiger partial charge on any atom is -0.457 e. The van der Waals surface area contributed by atoms with Gasteiger partial charge in [-0.1, -0.05) is 127 Å². The third-order valence-corrected chi connectivity index (χ3v) is 7.67. The fourth-order valence-corrected chi connectivity index (χ4v) is 5.87. The van der Waals surface area contributed by atoms with Crippen LogP contribution in [0.5, 0.6) is 0 Å². The van der Waals surface area contributed by atoms with Crippen LogP contribution in [-0.4, -0.2) is 17.9 Å². The van der Waals surface area contributed by atoms with Crippen molar-refractivity contribution in [1.82, 2.24) is 0 Å². The van der Waals surface area contributed by atoms with Crippen LogP contribution >= 0.6 is 0 Å². The van der Waals surface area contributed by atoms with E-state index in [0.717, 1.165) is 27.8 Å². The van der Waals surface area contributed by atoms with Crippen molar-refractivity contribution in [3.8, 4) is 0 Å². The van der Waals surface area contributed by atoms with Crippen molar-refractivity contribution in [2.45, 2.75) is 24.4 Å². The molecule has 1 aliphatic heterocycles. The molecule has 38 heavy (non-hydrogen) atoms. The lowest BCUT2D eigenvalue weighted by molar-refractivity contribution is -0.143. The van der Waals surface area contributed by atoms with Crippen molar-refractivity contribution in [3.63, 3.8) is 0 Å². The molecule has 1 fully saturated rings. The molecule has 0 radical (unpaired) electrons. The fourth-order valence-electron chi connectivity index (χ4n) is 5.87. The number of rotatable bonds is 7. The van der Waals surface area contributed by atoms with Gasteiger partial charge in [0, 0.05) is 23.8 Å². The number of cyclic esters (lactones) is 1. The van der Waals surface area contributed by atoms with E-state index in [9.17, 15) is 9.59 Å². The molecule has 0 bridgehead atoms. The quantitative estimate of drug-likeness (QED) is 0.151. The van der Waals surface area contributed by atoms with Crippen LogP contribution in [0.1, 0.15) is 56.4 Å². The Morgan fingerprint density at radius 2 is 1.26 bits per heavy atom. The molecule has 1 heterocycles. The second-order valence-corrected chi connectivity index (χ2v) is 9.91. The number of fused-ring (bicyclic) bond motifs is 3. The van der Waals surface area contributed by atoms with Crippen LogP contribution in [0, 0.1) is 5.92 Å². The van der Waals surface area contributed by atoms with Gasteiger partial charge in [0.1, 0.15) is 6.10 Å². The van der Waals surface area contributed by atoms with Crippen molar-refractivity contribution in [2.24, 2.45) is 5.92 Å². The van der Waals surface area contributed by atoms with E-state index in [2.05, 4.69) is 54.6 Å². The van der Waals surface area contributed by atoms with Crippen molar-refractivity contribution in [2.75, 3.05) is 0 Å². The van der Waals surface area contributed by atoms with Gasteiger partial charge in [0.05, 0.1) is 5.92 Å². The maximum absolute atomic E-state index is 13.2. The third-order valence-electron chi connectivity index (χ3n) is 7.67. The summed E-state index contributed by atoms with van der Waals surface area (Å²) in [6.07, 6.45) is 8.18. The molecule has 4 atom stereocenters. The van der Waals surface area contributed by atoms with E-state index >= 15 is 0 Å². The number of esters is 1. The van der Waals surface area contributed by atoms with Gasteiger partial charge >= 0.3 is 5.97 Å². The van der Waals surface area contributed by atoms with Gasteiger partial charge < -0.3 is 4.74 Å². The summed E-state index contributed by atoms with van der Waals surface area (Å²) in [5.41, 5.74) is 6.16. The summed E-state index contributed by atoms with van der Waals surface area (Å²) in [5, 5.41) is 0. The first-order valence-electron chi connectivity index (χ1n) is 13.1. The normalized spacial score (nSPS) is 21.9. The zero-order chi connectivity index (χ0) is 25.9. The third kappa shape index (κ3) is 4.64. The number of ether oxygens (including phenoxy) is 1. The zero-order valence-corrected chi connectivity index (χ0v) is 20.9. The lowest BCUT2D eigenvalue weighted by atomic mass is 9.82. The minimum absolute atomic E-state index is 0.0528. The van der Waals surface area contributed by atoms with Crippen molar-refractivity contribution < 1.29 is 14.3 Å². The topological polar surface area (TPSA) is 43.4 Å². The van der Waals surface area contributed by atoms with Crippen LogP contribution < -0.4 is 0 Å². The molecule has 1 aliphatic carbocycles. The summed E-state index contributed by atoms with van der Waals surface area (Å²) < 4.78 is 5.94. The SMILES string of the molecule is O=C(C[C@H]1c2ccccc2[C@@H]2[C@H]1C(=O)O[C@@H]2/C=C/c1ccccc1/C=C/c1ccccc1)c1ccccc1. The Bertz CT molecular complexity index is 1520. The maximum atomic E-state index is 13.2. The van der Waals surface area contributed by atoms with Gasteiger partial charge in [-0.3, -0.25) is 9.59 Å². The van der Waals surface area contributed by atoms with Gasteiger partial charge in [-0.05, 0) is 33.9 Å². The summed E-state index contributed by atoms with van der Waals surface area (Å²) in [5.74, 6) is -0.810. The molecule has 3 nitrogen and oxygen atoms in total. The molecule has 6 rings (SSSR count). The Labute approximate surface area is 223 Å². The van der Waals surface area contributed by atoms with E-state index in [1.165, 1.54) is 0 Å². The van der Waals surface area contributed by atoms with Gasteiger partial charge in [-0.2, -0.15) is 0 Å². The van der Waals surface area contributed by atoms with Gasteiger partial charge in [-0.25, -0.2) is 0 Å². The molecule has 0 N–H and O–H groups in total. The van der Waals surface area contributed by atoms with Crippen LogP contribution in [-0.2, 0) is 9.53 Å². The summed E-state index contributed by atoms with van der Waals surface area (Å²) in [6.45, 7) is 0. The fraction of sp³-hybridized carbons (Fsp3) is 0.143. The van der Waals surface area contributed by atoms with Crippen molar-refractivity contribution >= 4 is 30.0 Å². The number of hydrogen-bond acceptors (Lipinski definition) is 3. The molecule has 0 unspecified atom stereocenters. The average Bonchev–Trinajstić information content (AvgIpc) is 3.47. The average molecular weight is 497 g/mol. The summed E-state index contributed by atoms with van der Waals surface area (Å²) in [7, 11) is 0. The van der Waals surface area contributed by atoms with E-state index in [-0.39, 0.29) is 35.6 Å². The second kappa shape index (κ2) is 10.5. The number of Topliss-reactive ketones (excluding diaryl/α,β-unsaturated/α-hetero) is 1. The molecule has 0 aromatic heterocycles. The first kappa shape index (κ1) is 23.9. The van der Waals surface area contributed by atoms with E-state index in [1.54, 1.807) is 0 Å². The summed E-state index contributed by atoms with van der Waals surface area (Å²) >= 11 is 0. The smallest absolute Gasteiger partial charge is 0.310 e. The zero-order valence-electron chi connectivity index (χ0n) is 20.9. The van der Waals surface area contributed by atoms with E-state index in [4.69, 9.17) is 4.74 Å². The van der Waals surface area contributed by atoms with E-state index in [0.29, 0.717) is 12.0 Å². The highest BCUT2D eigenvalue weighted by Gasteiger charge is 2.54. The van der Waals surface area contributed by atoms with Gasteiger partial charge in [-0.15, -0.1) is 0 Å². The van der Waals surface area contributed by atoms with Crippen LogP contribution in [0.2, 0.25) is 0 Å². The van der Waals surface area contributed by atoms with E-state index < -0.39 is 0 Å². The standard InChI is InChI=1S/C35H28O3/c36-31(27-15-5-2-6-16-27)23-30-28-17-9-10-18-29(28)33-32(38-35(37)34(30)33)22-21-26-14-8-7-13-25(26)20-19-24-11-3-1-4-12-24/h1-22,30,32-34H,23H2/b20-19+,22-21+/t30-,32+,33-,34-/m0/s1. The highest BCUT2D eigenvalue weighted by atomic mass is 16.6. The first-order valence-corrected chi connectivity index (χ1v) is 13.1. The monoisotopic (exact) mass is 496 g/mol. The highest BCUT2D eigenvalue weighted by molar-refractivity contribution is 5.97. The first-order chi connectivity index (χ1) is 18.7. The Morgan fingerprint density at radius 1 is 0.658 bits per heavy atom. The molecular weight excluding hydrogens is 468 g/mol. The van der Waals surface area contributed by atoms with Crippen LogP contribution in [0.3, 0.4) is 0 Å². The maximum Gasteiger partial charge on any atom is 0.310 e. The molecule has 1 saturated heterocycles. The predicted octanol–water partition coefficient (Wildman–Crippen LogP) is 7.57. The number of benzene rings is 4. The van der Waals surface area contributed by atoms with E-state index in [1.807, 2.05) is 78.9 Å². The van der Waals surface area contributed by atoms with Gasteiger partial charge in [0.15, 0.2) is 5.78 Å². The summed E-state index contributed by atoms with van der Waals surface area (Å²) in [4.78, 5) is 26.3. The van der Waals surface area contributed by atoms with Gasteiger partial charge in [0.25, 0.3) is 0 Å². The lowest BCUT2D eigenvalue weighted by Gasteiger charge is -2.16. The van der Waals surface area contributed by atoms with Crippen LogP contribution in [0.4, 0.5) is 0 Å². The molecule has 0 amide bonds.